The van der Waals surface area contributed by atoms with Gasteiger partial charge in [0.05, 0.1) is 11.4 Å². The van der Waals surface area contributed by atoms with Crippen molar-refractivity contribution in [3.8, 4) is 0 Å². The third-order valence-corrected chi connectivity index (χ3v) is 4.07. The number of nitrogens with one attached hydrogen (secondary N) is 1. The fourth-order valence-electron chi connectivity index (χ4n) is 2.16. The molecule has 2 aromatic rings. The highest BCUT2D eigenvalue weighted by Crippen LogP contribution is 2.26. The van der Waals surface area contributed by atoms with Crippen molar-refractivity contribution in [3.63, 3.8) is 0 Å². The summed E-state index contributed by atoms with van der Waals surface area (Å²) in [7, 11) is 3.58. The van der Waals surface area contributed by atoms with Crippen molar-refractivity contribution in [2.75, 3.05) is 24.7 Å². The van der Waals surface area contributed by atoms with Crippen LogP contribution in [-0.2, 0) is 6.54 Å². The van der Waals surface area contributed by atoms with Gasteiger partial charge in [-0.1, -0.05) is 34.1 Å². The largest absolute Gasteiger partial charge is 0.397 e. The summed E-state index contributed by atoms with van der Waals surface area (Å²) in [5.41, 5.74) is 9.30. The van der Waals surface area contributed by atoms with Crippen molar-refractivity contribution < 1.29 is 4.79 Å². The van der Waals surface area contributed by atoms with E-state index >= 15 is 0 Å². The highest BCUT2D eigenvalue weighted by atomic mass is 79.9. The molecule has 0 aliphatic rings. The molecule has 21 heavy (non-hydrogen) atoms. The number of rotatable bonds is 4. The van der Waals surface area contributed by atoms with E-state index in [1.807, 2.05) is 31.3 Å². The topological polar surface area (TPSA) is 58.4 Å². The average molecular weight is 348 g/mol. The lowest BCUT2D eigenvalue weighted by Gasteiger charge is -2.22. The lowest BCUT2D eigenvalue weighted by Crippen LogP contribution is -2.20. The van der Waals surface area contributed by atoms with Crippen LogP contribution in [0, 0.1) is 0 Å². The Labute approximate surface area is 133 Å². The Hall–Kier alpha value is -2.01. The zero-order valence-corrected chi connectivity index (χ0v) is 13.6. The number of nitrogens with zero attached hydrogens (tertiary/aromatic N) is 1. The van der Waals surface area contributed by atoms with Crippen LogP contribution in [0.1, 0.15) is 15.9 Å². The van der Waals surface area contributed by atoms with Gasteiger partial charge in [-0.3, -0.25) is 4.79 Å². The van der Waals surface area contributed by atoms with Crippen LogP contribution in [0.2, 0.25) is 0 Å². The number of nitrogen functional groups attached to an aromatic ring is 1. The molecule has 110 valence electrons. The summed E-state index contributed by atoms with van der Waals surface area (Å²) in [6, 6.07) is 13.4. The van der Waals surface area contributed by atoms with Gasteiger partial charge in [-0.25, -0.2) is 0 Å². The van der Waals surface area contributed by atoms with E-state index in [-0.39, 0.29) is 5.91 Å². The Morgan fingerprint density at radius 3 is 2.62 bits per heavy atom. The second kappa shape index (κ2) is 6.63. The van der Waals surface area contributed by atoms with E-state index in [9.17, 15) is 4.79 Å². The molecule has 0 aromatic heterocycles. The SMILES string of the molecule is CNC(=O)c1ccc(N(C)Cc2ccccc2Br)c(N)c1. The van der Waals surface area contributed by atoms with Gasteiger partial charge >= 0.3 is 0 Å². The highest BCUT2D eigenvalue weighted by molar-refractivity contribution is 9.10. The standard InChI is InChI=1S/C16H18BrN3O/c1-19-16(21)11-7-8-15(14(18)9-11)20(2)10-12-5-3-4-6-13(12)17/h3-9H,10,18H2,1-2H3,(H,19,21). The Bertz CT molecular complexity index is 658. The van der Waals surface area contributed by atoms with Crippen molar-refractivity contribution in [3.05, 3.63) is 58.1 Å². The maximum Gasteiger partial charge on any atom is 0.251 e. The molecule has 2 aromatic carbocycles. The van der Waals surface area contributed by atoms with Crippen LogP contribution in [-0.4, -0.2) is 20.0 Å². The summed E-state index contributed by atoms with van der Waals surface area (Å²) in [6.45, 7) is 0.727. The minimum Gasteiger partial charge on any atom is -0.397 e. The van der Waals surface area contributed by atoms with Crippen molar-refractivity contribution in [1.82, 2.24) is 5.32 Å². The molecule has 2 rings (SSSR count). The molecule has 5 heteroatoms. The fraction of sp³-hybridized carbons (Fsp3) is 0.188. The molecular formula is C16H18BrN3O. The van der Waals surface area contributed by atoms with Crippen molar-refractivity contribution in [1.29, 1.82) is 0 Å². The van der Waals surface area contributed by atoms with Crippen LogP contribution in [0.3, 0.4) is 0 Å². The van der Waals surface area contributed by atoms with Gasteiger partial charge in [0.2, 0.25) is 0 Å². The van der Waals surface area contributed by atoms with E-state index < -0.39 is 0 Å². The predicted octanol–water partition coefficient (Wildman–Crippen LogP) is 3.03. The minimum absolute atomic E-state index is 0.137. The van der Waals surface area contributed by atoms with Crippen molar-refractivity contribution >= 4 is 33.2 Å². The molecule has 0 saturated heterocycles. The number of nitrogens with two attached hydrogens (primary N) is 1. The summed E-state index contributed by atoms with van der Waals surface area (Å²) >= 11 is 3.55. The summed E-state index contributed by atoms with van der Waals surface area (Å²) in [4.78, 5) is 13.7. The monoisotopic (exact) mass is 347 g/mol. The first-order valence-corrected chi connectivity index (χ1v) is 7.38. The number of amides is 1. The van der Waals surface area contributed by atoms with E-state index in [4.69, 9.17) is 5.73 Å². The van der Waals surface area contributed by atoms with Crippen LogP contribution >= 0.6 is 15.9 Å². The molecule has 0 radical (unpaired) electrons. The second-order valence-electron chi connectivity index (χ2n) is 4.80. The van der Waals surface area contributed by atoms with Gasteiger partial charge in [-0.15, -0.1) is 0 Å². The Morgan fingerprint density at radius 2 is 2.00 bits per heavy atom. The molecule has 0 atom stereocenters. The van der Waals surface area contributed by atoms with Gasteiger partial charge < -0.3 is 16.0 Å². The number of benzene rings is 2. The number of anilines is 2. The molecule has 1 amide bonds. The lowest BCUT2D eigenvalue weighted by molar-refractivity contribution is 0.0963. The molecule has 0 bridgehead atoms. The average Bonchev–Trinajstić information content (AvgIpc) is 2.48. The van der Waals surface area contributed by atoms with Crippen LogP contribution in [0.5, 0.6) is 0 Å². The summed E-state index contributed by atoms with van der Waals surface area (Å²) in [6.07, 6.45) is 0. The van der Waals surface area contributed by atoms with Crippen LogP contribution in [0.25, 0.3) is 0 Å². The summed E-state index contributed by atoms with van der Waals surface area (Å²) in [5, 5.41) is 2.59. The molecule has 0 saturated carbocycles. The van der Waals surface area contributed by atoms with Crippen LogP contribution in [0.15, 0.2) is 46.9 Å². The van der Waals surface area contributed by atoms with Crippen LogP contribution in [0.4, 0.5) is 11.4 Å². The molecule has 0 fully saturated rings. The van der Waals surface area contributed by atoms with E-state index in [2.05, 4.69) is 32.2 Å². The minimum atomic E-state index is -0.137. The van der Waals surface area contributed by atoms with Gasteiger partial charge in [0.15, 0.2) is 0 Å². The summed E-state index contributed by atoms with van der Waals surface area (Å²) < 4.78 is 1.07. The van der Waals surface area contributed by atoms with Crippen LogP contribution < -0.4 is 16.0 Å². The number of hydrogen-bond acceptors (Lipinski definition) is 3. The van der Waals surface area contributed by atoms with E-state index in [0.29, 0.717) is 11.3 Å². The maximum atomic E-state index is 11.6. The van der Waals surface area contributed by atoms with Gasteiger partial charge in [0.1, 0.15) is 0 Å². The van der Waals surface area contributed by atoms with Crippen molar-refractivity contribution in [2.45, 2.75) is 6.54 Å². The first kappa shape index (κ1) is 15.4. The molecule has 0 aliphatic carbocycles. The second-order valence-corrected chi connectivity index (χ2v) is 5.65. The molecule has 4 nitrogen and oxygen atoms in total. The summed E-state index contributed by atoms with van der Waals surface area (Å²) in [5.74, 6) is -0.137. The molecular weight excluding hydrogens is 330 g/mol. The van der Waals surface area contributed by atoms with Gasteiger partial charge in [-0.2, -0.15) is 0 Å². The Kier molecular flexibility index (Phi) is 4.85. The number of carbonyl (C=O) groups is 1. The predicted molar refractivity (Wildman–Crippen MR) is 90.5 cm³/mol. The lowest BCUT2D eigenvalue weighted by atomic mass is 10.1. The molecule has 3 N–H and O–H groups in total. The first-order chi connectivity index (χ1) is 10.0. The smallest absolute Gasteiger partial charge is 0.251 e. The molecule has 0 aliphatic heterocycles. The quantitative estimate of drug-likeness (QED) is 0.835. The Balaban J connectivity index is 2.22. The number of carbonyl (C=O) groups excluding carboxylic acids is 1. The third-order valence-electron chi connectivity index (χ3n) is 3.29. The maximum absolute atomic E-state index is 11.6. The Morgan fingerprint density at radius 1 is 1.29 bits per heavy atom. The third kappa shape index (κ3) is 3.55. The molecule has 0 unspecified atom stereocenters. The van der Waals surface area contributed by atoms with Gasteiger partial charge in [0, 0.05) is 30.7 Å². The number of halogens is 1. The van der Waals surface area contributed by atoms with E-state index in [1.54, 1.807) is 19.2 Å². The van der Waals surface area contributed by atoms with Gasteiger partial charge in [0.25, 0.3) is 5.91 Å². The highest BCUT2D eigenvalue weighted by Gasteiger charge is 2.11. The first-order valence-electron chi connectivity index (χ1n) is 6.59. The van der Waals surface area contributed by atoms with E-state index in [0.717, 1.165) is 16.7 Å². The zero-order chi connectivity index (χ0) is 15.4. The fourth-order valence-corrected chi connectivity index (χ4v) is 2.57. The molecule has 0 heterocycles. The zero-order valence-electron chi connectivity index (χ0n) is 12.1. The molecule has 0 spiro atoms. The van der Waals surface area contributed by atoms with E-state index in [1.165, 1.54) is 5.56 Å². The number of hydrogen-bond donors (Lipinski definition) is 2. The normalized spacial score (nSPS) is 10.2. The van der Waals surface area contributed by atoms with Crippen molar-refractivity contribution in [2.24, 2.45) is 0 Å². The van der Waals surface area contributed by atoms with Gasteiger partial charge in [-0.05, 0) is 29.8 Å².